The van der Waals surface area contributed by atoms with E-state index in [0.717, 1.165) is 0 Å². The molecule has 5 nitrogen and oxygen atoms in total. The molecular formula is C8H13F3N2O3. The Morgan fingerprint density at radius 2 is 1.94 bits per heavy atom. The van der Waals surface area contributed by atoms with E-state index in [1.165, 1.54) is 11.9 Å². The predicted octanol–water partition coefficient (Wildman–Crippen LogP) is -0.230. The molecule has 94 valence electrons. The molecule has 0 unspecified atom stereocenters. The first kappa shape index (κ1) is 14.7. The predicted molar refractivity (Wildman–Crippen MR) is 48.6 cm³/mol. The minimum absolute atomic E-state index is 0.318. The van der Waals surface area contributed by atoms with Crippen LogP contribution in [0.4, 0.5) is 13.2 Å². The van der Waals surface area contributed by atoms with Gasteiger partial charge in [0.1, 0.15) is 0 Å². The summed E-state index contributed by atoms with van der Waals surface area (Å²) in [4.78, 5) is 22.6. The van der Waals surface area contributed by atoms with Crippen LogP contribution in [0.3, 0.4) is 0 Å². The molecule has 0 spiro atoms. The number of likely N-dealkylation sites (N-methyl/N-ethyl adjacent to an activating group) is 2. The zero-order chi connectivity index (χ0) is 12.8. The number of alkyl halides is 3. The molecule has 0 atom stereocenters. The van der Waals surface area contributed by atoms with Gasteiger partial charge in [0, 0.05) is 20.1 Å². The summed E-state index contributed by atoms with van der Waals surface area (Å²) in [5.74, 6) is -3.05. The van der Waals surface area contributed by atoms with Gasteiger partial charge in [0.25, 0.3) is 5.91 Å². The summed E-state index contributed by atoms with van der Waals surface area (Å²) in [6, 6.07) is 0. The molecule has 0 aliphatic rings. The molecule has 0 aromatic heterocycles. The van der Waals surface area contributed by atoms with Gasteiger partial charge in [0.15, 0.2) is 6.61 Å². The highest BCUT2D eigenvalue weighted by atomic mass is 19.4. The van der Waals surface area contributed by atoms with Gasteiger partial charge in [-0.05, 0) is 7.05 Å². The average Bonchev–Trinajstić information content (AvgIpc) is 2.20. The maximum atomic E-state index is 11.7. The zero-order valence-electron chi connectivity index (χ0n) is 8.93. The second kappa shape index (κ2) is 6.31. The van der Waals surface area contributed by atoms with Gasteiger partial charge in [-0.2, -0.15) is 13.2 Å². The molecule has 0 rings (SSSR count). The van der Waals surface area contributed by atoms with Crippen molar-refractivity contribution in [1.29, 1.82) is 0 Å². The van der Waals surface area contributed by atoms with E-state index in [1.54, 1.807) is 7.05 Å². The van der Waals surface area contributed by atoms with E-state index in [9.17, 15) is 22.8 Å². The van der Waals surface area contributed by atoms with Crippen LogP contribution in [0.15, 0.2) is 0 Å². The summed E-state index contributed by atoms with van der Waals surface area (Å²) in [7, 11) is 3.07. The molecule has 0 aliphatic carbocycles. The normalized spacial score (nSPS) is 11.1. The number of halogens is 3. The average molecular weight is 242 g/mol. The standard InChI is InChI=1S/C8H13F3N2O3/c1-12-3-4-13(2)6(14)5-16-7(15)8(9,10)11/h12H,3-5H2,1-2H3. The zero-order valence-corrected chi connectivity index (χ0v) is 8.93. The summed E-state index contributed by atoms with van der Waals surface area (Å²) in [5, 5.41) is 2.76. The lowest BCUT2D eigenvalue weighted by Crippen LogP contribution is -2.37. The molecule has 0 aliphatic heterocycles. The first-order valence-corrected chi connectivity index (χ1v) is 4.41. The van der Waals surface area contributed by atoms with Gasteiger partial charge in [0.05, 0.1) is 0 Å². The summed E-state index contributed by atoms with van der Waals surface area (Å²) >= 11 is 0. The molecular weight excluding hydrogens is 229 g/mol. The molecule has 0 heterocycles. The van der Waals surface area contributed by atoms with Crippen molar-refractivity contribution in [2.75, 3.05) is 33.8 Å². The summed E-state index contributed by atoms with van der Waals surface area (Å²) in [6.07, 6.45) is -5.07. The Bertz CT molecular complexity index is 255. The van der Waals surface area contributed by atoms with E-state index in [1.807, 2.05) is 0 Å². The van der Waals surface area contributed by atoms with Gasteiger partial charge in [0.2, 0.25) is 0 Å². The molecule has 0 bridgehead atoms. The van der Waals surface area contributed by atoms with E-state index in [0.29, 0.717) is 13.1 Å². The van der Waals surface area contributed by atoms with Crippen molar-refractivity contribution in [2.24, 2.45) is 0 Å². The van der Waals surface area contributed by atoms with Gasteiger partial charge in [-0.1, -0.05) is 0 Å². The van der Waals surface area contributed by atoms with Crippen molar-refractivity contribution in [3.63, 3.8) is 0 Å². The second-order valence-corrected chi connectivity index (χ2v) is 2.99. The van der Waals surface area contributed by atoms with E-state index >= 15 is 0 Å². The Kier molecular flexibility index (Phi) is 5.79. The second-order valence-electron chi connectivity index (χ2n) is 2.99. The number of carbonyl (C=O) groups excluding carboxylic acids is 2. The molecule has 1 N–H and O–H groups in total. The quantitative estimate of drug-likeness (QED) is 0.676. The lowest BCUT2D eigenvalue weighted by Gasteiger charge is -2.16. The van der Waals surface area contributed by atoms with Crippen molar-refractivity contribution in [1.82, 2.24) is 10.2 Å². The number of rotatable bonds is 5. The molecule has 8 heteroatoms. The highest BCUT2D eigenvalue weighted by molar-refractivity contribution is 5.82. The Morgan fingerprint density at radius 3 is 2.38 bits per heavy atom. The van der Waals surface area contributed by atoms with Gasteiger partial charge >= 0.3 is 12.1 Å². The minimum Gasteiger partial charge on any atom is -0.449 e. The third-order valence-corrected chi connectivity index (χ3v) is 1.68. The van der Waals surface area contributed by atoms with Crippen LogP contribution in [-0.2, 0) is 14.3 Å². The smallest absolute Gasteiger partial charge is 0.449 e. The largest absolute Gasteiger partial charge is 0.490 e. The van der Waals surface area contributed by atoms with Crippen molar-refractivity contribution >= 4 is 11.9 Å². The number of hydrogen-bond acceptors (Lipinski definition) is 4. The SMILES string of the molecule is CNCCN(C)C(=O)COC(=O)C(F)(F)F. The summed E-state index contributed by atoms with van der Waals surface area (Å²) in [6.45, 7) is -0.0904. The third-order valence-electron chi connectivity index (χ3n) is 1.68. The van der Waals surface area contributed by atoms with Crippen LogP contribution in [0.2, 0.25) is 0 Å². The van der Waals surface area contributed by atoms with Gasteiger partial charge in [-0.15, -0.1) is 0 Å². The monoisotopic (exact) mass is 242 g/mol. The number of ether oxygens (including phenoxy) is 1. The molecule has 0 saturated carbocycles. The molecule has 0 fully saturated rings. The van der Waals surface area contributed by atoms with Crippen molar-refractivity contribution in [2.45, 2.75) is 6.18 Å². The Balaban J connectivity index is 3.94. The fourth-order valence-electron chi connectivity index (χ4n) is 0.724. The summed E-state index contributed by atoms with van der Waals surface area (Å²) in [5.41, 5.74) is 0. The number of carbonyl (C=O) groups is 2. The number of nitrogens with one attached hydrogen (secondary N) is 1. The molecule has 0 saturated heterocycles. The minimum atomic E-state index is -5.07. The fourth-order valence-corrected chi connectivity index (χ4v) is 0.724. The maximum Gasteiger partial charge on any atom is 0.490 e. The molecule has 16 heavy (non-hydrogen) atoms. The highest BCUT2D eigenvalue weighted by Crippen LogP contribution is 2.16. The van der Waals surface area contributed by atoms with Crippen LogP contribution < -0.4 is 5.32 Å². The van der Waals surface area contributed by atoms with Crippen LogP contribution in [0.5, 0.6) is 0 Å². The van der Waals surface area contributed by atoms with Crippen LogP contribution >= 0.6 is 0 Å². The van der Waals surface area contributed by atoms with Gasteiger partial charge < -0.3 is 15.0 Å². The highest BCUT2D eigenvalue weighted by Gasteiger charge is 2.41. The maximum absolute atomic E-state index is 11.7. The third kappa shape index (κ3) is 5.54. The van der Waals surface area contributed by atoms with Crippen molar-refractivity contribution in [3.8, 4) is 0 Å². The van der Waals surface area contributed by atoms with Gasteiger partial charge in [-0.25, -0.2) is 4.79 Å². The number of hydrogen-bond donors (Lipinski definition) is 1. The molecule has 0 aromatic carbocycles. The molecule has 0 radical (unpaired) electrons. The first-order chi connectivity index (χ1) is 7.29. The van der Waals surface area contributed by atoms with Crippen LogP contribution in [0, 0.1) is 0 Å². The lowest BCUT2D eigenvalue weighted by atomic mass is 10.5. The topological polar surface area (TPSA) is 58.6 Å². The van der Waals surface area contributed by atoms with Crippen LogP contribution in [0.1, 0.15) is 0 Å². The molecule has 1 amide bonds. The van der Waals surface area contributed by atoms with Crippen molar-refractivity contribution in [3.05, 3.63) is 0 Å². The van der Waals surface area contributed by atoms with E-state index in [4.69, 9.17) is 0 Å². The van der Waals surface area contributed by atoms with E-state index < -0.39 is 24.7 Å². The molecule has 0 aromatic rings. The number of amides is 1. The van der Waals surface area contributed by atoms with E-state index in [-0.39, 0.29) is 0 Å². The fraction of sp³-hybridized carbons (Fsp3) is 0.750. The van der Waals surface area contributed by atoms with Crippen LogP contribution in [-0.4, -0.2) is 56.7 Å². The lowest BCUT2D eigenvalue weighted by molar-refractivity contribution is -0.200. The van der Waals surface area contributed by atoms with E-state index in [2.05, 4.69) is 10.1 Å². The van der Waals surface area contributed by atoms with Crippen LogP contribution in [0.25, 0.3) is 0 Å². The number of esters is 1. The first-order valence-electron chi connectivity index (χ1n) is 4.41. The Hall–Kier alpha value is -1.31. The van der Waals surface area contributed by atoms with Gasteiger partial charge in [-0.3, -0.25) is 4.79 Å². The van der Waals surface area contributed by atoms with Crippen molar-refractivity contribution < 1.29 is 27.5 Å². The number of nitrogens with zero attached hydrogens (tertiary/aromatic N) is 1. The Morgan fingerprint density at radius 1 is 1.38 bits per heavy atom. The Labute approximate surface area is 90.5 Å². The summed E-state index contributed by atoms with van der Waals surface area (Å²) < 4.78 is 38.9.